The van der Waals surface area contributed by atoms with Crippen molar-refractivity contribution in [1.82, 2.24) is 0 Å². The number of allylic oxidation sites excluding steroid dienone is 2. The Kier molecular flexibility index (Phi) is 3.45. The minimum atomic E-state index is -0.222. The monoisotopic (exact) mass is 302 g/mol. The molecule has 2 bridgehead atoms. The Morgan fingerprint density at radius 2 is 1.04 bits per heavy atom. The fraction of sp³-hybridized carbons (Fsp3) is 0.238. The SMILES string of the molecule is O=C(c1ccccc1)[C@H]1[C@H](C(=O)c2ccccc2)[C@H]2C=C[C@@H]1C2. The van der Waals surface area contributed by atoms with Gasteiger partial charge in [0.2, 0.25) is 0 Å². The van der Waals surface area contributed by atoms with E-state index in [4.69, 9.17) is 0 Å². The van der Waals surface area contributed by atoms with Crippen LogP contribution in [0, 0.1) is 23.7 Å². The van der Waals surface area contributed by atoms with Crippen molar-refractivity contribution in [2.45, 2.75) is 6.42 Å². The molecular weight excluding hydrogens is 284 g/mol. The smallest absolute Gasteiger partial charge is 0.167 e. The second-order valence-corrected chi connectivity index (χ2v) is 6.46. The van der Waals surface area contributed by atoms with E-state index >= 15 is 0 Å². The van der Waals surface area contributed by atoms with E-state index in [0.717, 1.165) is 6.42 Å². The van der Waals surface area contributed by atoms with E-state index in [1.165, 1.54) is 0 Å². The molecule has 2 heteroatoms. The summed E-state index contributed by atoms with van der Waals surface area (Å²) in [4.78, 5) is 26.0. The topological polar surface area (TPSA) is 34.1 Å². The van der Waals surface area contributed by atoms with Gasteiger partial charge in [0.1, 0.15) is 0 Å². The van der Waals surface area contributed by atoms with Crippen LogP contribution < -0.4 is 0 Å². The molecule has 114 valence electrons. The highest BCUT2D eigenvalue weighted by atomic mass is 16.1. The molecular formula is C21H18O2. The summed E-state index contributed by atoms with van der Waals surface area (Å²) < 4.78 is 0. The van der Waals surface area contributed by atoms with Crippen molar-refractivity contribution in [3.8, 4) is 0 Å². The van der Waals surface area contributed by atoms with Gasteiger partial charge in [-0.1, -0.05) is 72.8 Å². The molecule has 1 fully saturated rings. The van der Waals surface area contributed by atoms with Crippen molar-refractivity contribution in [1.29, 1.82) is 0 Å². The lowest BCUT2D eigenvalue weighted by molar-refractivity contribution is 0.0752. The Morgan fingerprint density at radius 1 is 0.652 bits per heavy atom. The minimum Gasteiger partial charge on any atom is -0.294 e. The first-order valence-electron chi connectivity index (χ1n) is 8.12. The molecule has 23 heavy (non-hydrogen) atoms. The van der Waals surface area contributed by atoms with Gasteiger partial charge in [0, 0.05) is 23.0 Å². The van der Waals surface area contributed by atoms with Gasteiger partial charge in [0.05, 0.1) is 0 Å². The zero-order valence-electron chi connectivity index (χ0n) is 12.8. The number of rotatable bonds is 4. The number of hydrogen-bond acceptors (Lipinski definition) is 2. The van der Waals surface area contributed by atoms with Gasteiger partial charge in [-0.2, -0.15) is 0 Å². The minimum absolute atomic E-state index is 0.108. The summed E-state index contributed by atoms with van der Waals surface area (Å²) in [6.07, 6.45) is 5.18. The van der Waals surface area contributed by atoms with Gasteiger partial charge in [-0.15, -0.1) is 0 Å². The molecule has 0 spiro atoms. The van der Waals surface area contributed by atoms with E-state index in [1.54, 1.807) is 0 Å². The van der Waals surface area contributed by atoms with Crippen LogP contribution in [-0.4, -0.2) is 11.6 Å². The van der Waals surface area contributed by atoms with E-state index < -0.39 is 0 Å². The van der Waals surface area contributed by atoms with Gasteiger partial charge < -0.3 is 0 Å². The standard InChI is InChI=1S/C21H18O2/c22-20(14-7-3-1-4-8-14)18-16-11-12-17(13-16)19(18)21(23)15-9-5-2-6-10-15/h1-12,16-19H,13H2/t16-,17+,18-,19-/m1/s1. The first-order chi connectivity index (χ1) is 11.3. The molecule has 0 unspecified atom stereocenters. The first-order valence-corrected chi connectivity index (χ1v) is 8.12. The largest absolute Gasteiger partial charge is 0.294 e. The van der Waals surface area contributed by atoms with Crippen molar-refractivity contribution in [3.63, 3.8) is 0 Å². The van der Waals surface area contributed by atoms with Gasteiger partial charge in [-0.3, -0.25) is 9.59 Å². The summed E-state index contributed by atoms with van der Waals surface area (Å²) in [6, 6.07) is 18.7. The summed E-state index contributed by atoms with van der Waals surface area (Å²) in [5.41, 5.74) is 1.42. The highest BCUT2D eigenvalue weighted by Gasteiger charge is 2.51. The summed E-state index contributed by atoms with van der Waals surface area (Å²) in [7, 11) is 0. The van der Waals surface area contributed by atoms with Gasteiger partial charge in [-0.05, 0) is 18.3 Å². The summed E-state index contributed by atoms with van der Waals surface area (Å²) in [5.74, 6) is 0.171. The maximum absolute atomic E-state index is 13.0. The molecule has 0 radical (unpaired) electrons. The van der Waals surface area contributed by atoms with E-state index in [2.05, 4.69) is 12.2 Å². The highest BCUT2D eigenvalue weighted by Crippen LogP contribution is 2.50. The van der Waals surface area contributed by atoms with Crippen molar-refractivity contribution in [3.05, 3.63) is 83.9 Å². The fourth-order valence-corrected chi connectivity index (χ4v) is 4.13. The van der Waals surface area contributed by atoms with Crippen LogP contribution in [0.5, 0.6) is 0 Å². The predicted octanol–water partition coefficient (Wildman–Crippen LogP) is 4.19. The average molecular weight is 302 g/mol. The van der Waals surface area contributed by atoms with Crippen molar-refractivity contribution < 1.29 is 9.59 Å². The molecule has 0 amide bonds. The van der Waals surface area contributed by atoms with Crippen LogP contribution in [-0.2, 0) is 0 Å². The first kappa shape index (κ1) is 14.1. The molecule has 0 aromatic heterocycles. The van der Waals surface area contributed by atoms with Crippen LogP contribution >= 0.6 is 0 Å². The number of Topliss-reactive ketones (excluding diaryl/α,β-unsaturated/α-hetero) is 2. The summed E-state index contributed by atoms with van der Waals surface area (Å²) >= 11 is 0. The van der Waals surface area contributed by atoms with E-state index in [9.17, 15) is 9.59 Å². The summed E-state index contributed by atoms with van der Waals surface area (Å²) in [5, 5.41) is 0. The molecule has 0 saturated heterocycles. The van der Waals surface area contributed by atoms with Crippen LogP contribution in [0.3, 0.4) is 0 Å². The van der Waals surface area contributed by atoms with Crippen LogP contribution in [0.2, 0.25) is 0 Å². The molecule has 4 rings (SSSR count). The number of benzene rings is 2. The fourth-order valence-electron chi connectivity index (χ4n) is 4.13. The van der Waals surface area contributed by atoms with Crippen LogP contribution in [0.25, 0.3) is 0 Å². The van der Waals surface area contributed by atoms with E-state index in [0.29, 0.717) is 11.1 Å². The molecule has 4 atom stereocenters. The summed E-state index contributed by atoms with van der Waals surface area (Å²) in [6.45, 7) is 0. The second-order valence-electron chi connectivity index (χ2n) is 6.46. The average Bonchev–Trinajstić information content (AvgIpc) is 3.23. The third-order valence-electron chi connectivity index (χ3n) is 5.18. The lowest BCUT2D eigenvalue weighted by Crippen LogP contribution is -2.33. The molecule has 1 saturated carbocycles. The van der Waals surface area contributed by atoms with E-state index in [1.807, 2.05) is 60.7 Å². The van der Waals surface area contributed by atoms with E-state index in [-0.39, 0.29) is 35.2 Å². The van der Waals surface area contributed by atoms with Gasteiger partial charge in [0.25, 0.3) is 0 Å². The van der Waals surface area contributed by atoms with Gasteiger partial charge >= 0.3 is 0 Å². The maximum Gasteiger partial charge on any atom is 0.167 e. The van der Waals surface area contributed by atoms with Crippen molar-refractivity contribution in [2.24, 2.45) is 23.7 Å². The highest BCUT2D eigenvalue weighted by molar-refractivity contribution is 6.06. The van der Waals surface area contributed by atoms with Crippen LogP contribution in [0.1, 0.15) is 27.1 Å². The third-order valence-corrected chi connectivity index (χ3v) is 5.18. The second kappa shape index (κ2) is 5.62. The van der Waals surface area contributed by atoms with Crippen molar-refractivity contribution in [2.75, 3.05) is 0 Å². The number of hydrogen-bond donors (Lipinski definition) is 0. The Hall–Kier alpha value is -2.48. The Morgan fingerprint density at radius 3 is 1.43 bits per heavy atom. The normalized spacial score (nSPS) is 28.0. The zero-order chi connectivity index (χ0) is 15.8. The number of fused-ring (bicyclic) bond motifs is 2. The molecule has 2 aromatic carbocycles. The number of carbonyl (C=O) groups excluding carboxylic acids is 2. The number of ketones is 2. The lowest BCUT2D eigenvalue weighted by Gasteiger charge is -2.26. The lowest BCUT2D eigenvalue weighted by atomic mass is 9.75. The molecule has 0 N–H and O–H groups in total. The van der Waals surface area contributed by atoms with Gasteiger partial charge in [0.15, 0.2) is 11.6 Å². The Labute approximate surface area is 135 Å². The molecule has 2 aliphatic carbocycles. The number of carbonyl (C=O) groups is 2. The third kappa shape index (κ3) is 2.35. The Bertz CT molecular complexity index is 695. The zero-order valence-corrected chi connectivity index (χ0v) is 12.8. The predicted molar refractivity (Wildman–Crippen MR) is 89.3 cm³/mol. The molecule has 2 nitrogen and oxygen atoms in total. The van der Waals surface area contributed by atoms with Crippen molar-refractivity contribution >= 4 is 11.6 Å². The van der Waals surface area contributed by atoms with Crippen LogP contribution in [0.15, 0.2) is 72.8 Å². The molecule has 2 aromatic rings. The molecule has 0 aliphatic heterocycles. The molecule has 2 aliphatic rings. The quantitative estimate of drug-likeness (QED) is 0.627. The maximum atomic E-state index is 13.0. The Balaban J connectivity index is 1.69. The molecule has 0 heterocycles. The van der Waals surface area contributed by atoms with Gasteiger partial charge in [-0.25, -0.2) is 0 Å². The van der Waals surface area contributed by atoms with Crippen LogP contribution in [0.4, 0.5) is 0 Å².